The van der Waals surface area contributed by atoms with E-state index in [1.165, 1.54) is 0 Å². The van der Waals surface area contributed by atoms with Crippen LogP contribution in [0, 0.1) is 0 Å². The molecule has 0 aliphatic carbocycles. The van der Waals surface area contributed by atoms with E-state index in [-0.39, 0.29) is 19.1 Å². The molecule has 1 N–H and O–H groups in total. The predicted octanol–water partition coefficient (Wildman–Crippen LogP) is 1.86. The third-order valence-electron chi connectivity index (χ3n) is 3.41. The van der Waals surface area contributed by atoms with Crippen LogP contribution in [0.1, 0.15) is 17.3 Å². The van der Waals surface area contributed by atoms with Crippen LogP contribution < -0.4 is 14.8 Å². The van der Waals surface area contributed by atoms with Gasteiger partial charge in [0.15, 0.2) is 12.4 Å². The van der Waals surface area contributed by atoms with Gasteiger partial charge in [0.1, 0.15) is 0 Å². The van der Waals surface area contributed by atoms with Crippen molar-refractivity contribution in [1.82, 2.24) is 0 Å². The fraction of sp³-hybridized carbons (Fsp3) is 0.278. The van der Waals surface area contributed by atoms with Crippen LogP contribution in [-0.2, 0) is 16.1 Å². The van der Waals surface area contributed by atoms with Crippen LogP contribution in [0.4, 0.5) is 11.4 Å². The lowest BCUT2D eigenvalue weighted by molar-refractivity contribution is -0.684. The molecule has 1 aromatic carbocycles. The molecule has 0 saturated carbocycles. The number of carbonyl (C=O) groups excluding carboxylic acids is 2. The third-order valence-corrected chi connectivity index (χ3v) is 3.41. The Kier molecular flexibility index (Phi) is 5.89. The van der Waals surface area contributed by atoms with Crippen molar-refractivity contribution >= 4 is 23.3 Å². The summed E-state index contributed by atoms with van der Waals surface area (Å²) in [6.45, 7) is 2.19. The van der Waals surface area contributed by atoms with Crippen LogP contribution in [0.2, 0.25) is 0 Å². The second-order valence-electron chi connectivity index (χ2n) is 5.44. The molecular formula is C18H22N3O3+. The fourth-order valence-electron chi connectivity index (χ4n) is 2.19. The number of aromatic nitrogens is 1. The Morgan fingerprint density at radius 2 is 1.79 bits per heavy atom. The summed E-state index contributed by atoms with van der Waals surface area (Å²) in [5.74, 6) is -0.661. The normalized spacial score (nSPS) is 10.1. The summed E-state index contributed by atoms with van der Waals surface area (Å²) in [4.78, 5) is 26.1. The minimum absolute atomic E-state index is 0.158. The molecule has 126 valence electrons. The first-order valence-corrected chi connectivity index (χ1v) is 7.73. The summed E-state index contributed by atoms with van der Waals surface area (Å²) in [6, 6.07) is 10.7. The average molecular weight is 328 g/mol. The van der Waals surface area contributed by atoms with Gasteiger partial charge in [-0.15, -0.1) is 0 Å². The van der Waals surface area contributed by atoms with Crippen LogP contribution in [0.5, 0.6) is 0 Å². The highest BCUT2D eigenvalue weighted by Crippen LogP contribution is 2.16. The van der Waals surface area contributed by atoms with E-state index in [1.807, 2.05) is 43.5 Å². The van der Waals surface area contributed by atoms with Crippen LogP contribution in [0.15, 0.2) is 48.8 Å². The van der Waals surface area contributed by atoms with Crippen LogP contribution >= 0.6 is 0 Å². The van der Waals surface area contributed by atoms with E-state index in [0.717, 1.165) is 5.69 Å². The summed E-state index contributed by atoms with van der Waals surface area (Å²) in [6.07, 6.45) is 3.68. The highest BCUT2D eigenvalue weighted by molar-refractivity contribution is 6.00. The van der Waals surface area contributed by atoms with Crippen molar-refractivity contribution in [2.75, 3.05) is 30.9 Å². The number of hydrogen-bond acceptors (Lipinski definition) is 4. The number of ether oxygens (including phenoxy) is 1. The molecule has 0 atom stereocenters. The lowest BCUT2D eigenvalue weighted by Gasteiger charge is -2.11. The Bertz CT molecular complexity index is 712. The maximum Gasteiger partial charge on any atom is 0.340 e. The minimum atomic E-state index is -0.448. The molecule has 0 radical (unpaired) electrons. The zero-order valence-corrected chi connectivity index (χ0v) is 14.2. The molecule has 0 aliphatic heterocycles. The molecule has 2 aromatic rings. The molecule has 0 aliphatic rings. The standard InChI is InChI=1S/C18H21N3O3/c1-4-24-18(23)15-7-5-6-8-16(15)19-17(22)13-21-11-9-14(10-12-21)20(2)3/h5-12H,4,13H2,1-3H3/p+1. The third kappa shape index (κ3) is 4.55. The van der Waals surface area contributed by atoms with E-state index in [4.69, 9.17) is 4.74 Å². The summed E-state index contributed by atoms with van der Waals surface area (Å²) in [5.41, 5.74) is 1.85. The number of rotatable bonds is 6. The van der Waals surface area contributed by atoms with Gasteiger partial charge in [-0.2, -0.15) is 4.57 Å². The van der Waals surface area contributed by atoms with E-state index in [0.29, 0.717) is 11.3 Å². The molecule has 1 amide bonds. The van der Waals surface area contributed by atoms with Gasteiger partial charge in [0.25, 0.3) is 5.91 Å². The smallest absolute Gasteiger partial charge is 0.340 e. The maximum absolute atomic E-state index is 12.2. The van der Waals surface area contributed by atoms with Crippen LogP contribution in [-0.4, -0.2) is 32.6 Å². The molecule has 1 aromatic heterocycles. The van der Waals surface area contributed by atoms with Gasteiger partial charge >= 0.3 is 5.97 Å². The van der Waals surface area contributed by atoms with E-state index in [9.17, 15) is 9.59 Å². The van der Waals surface area contributed by atoms with Gasteiger partial charge in [-0.25, -0.2) is 4.79 Å². The Morgan fingerprint density at radius 1 is 1.12 bits per heavy atom. The van der Waals surface area contributed by atoms with E-state index in [2.05, 4.69) is 5.32 Å². The predicted molar refractivity (Wildman–Crippen MR) is 92.0 cm³/mol. The van der Waals surface area contributed by atoms with Gasteiger partial charge in [0.2, 0.25) is 6.54 Å². The lowest BCUT2D eigenvalue weighted by atomic mass is 10.2. The first-order chi connectivity index (χ1) is 11.5. The van der Waals surface area contributed by atoms with Crippen LogP contribution in [0.25, 0.3) is 0 Å². The summed E-state index contributed by atoms with van der Waals surface area (Å²) < 4.78 is 6.78. The first kappa shape index (κ1) is 17.5. The van der Waals surface area contributed by atoms with Gasteiger partial charge in [-0.1, -0.05) is 12.1 Å². The zero-order valence-electron chi connectivity index (χ0n) is 14.2. The van der Waals surface area contributed by atoms with Crippen molar-refractivity contribution in [2.24, 2.45) is 0 Å². The van der Waals surface area contributed by atoms with Gasteiger partial charge in [-0.05, 0) is 19.1 Å². The molecule has 2 rings (SSSR count). The van der Waals surface area contributed by atoms with Crippen molar-refractivity contribution in [3.63, 3.8) is 0 Å². The van der Waals surface area contributed by atoms with Gasteiger partial charge < -0.3 is 15.0 Å². The maximum atomic E-state index is 12.2. The van der Waals surface area contributed by atoms with Crippen molar-refractivity contribution in [3.8, 4) is 0 Å². The fourth-order valence-corrected chi connectivity index (χ4v) is 2.19. The Balaban J connectivity index is 2.06. The van der Waals surface area contributed by atoms with Gasteiger partial charge in [0, 0.05) is 31.9 Å². The summed E-state index contributed by atoms with van der Waals surface area (Å²) in [7, 11) is 3.91. The second-order valence-corrected chi connectivity index (χ2v) is 5.44. The minimum Gasteiger partial charge on any atom is -0.462 e. The topological polar surface area (TPSA) is 62.5 Å². The van der Waals surface area contributed by atoms with Crippen LogP contribution in [0.3, 0.4) is 0 Å². The highest BCUT2D eigenvalue weighted by atomic mass is 16.5. The van der Waals surface area contributed by atoms with Gasteiger partial charge in [-0.3, -0.25) is 4.79 Å². The lowest BCUT2D eigenvalue weighted by Crippen LogP contribution is -2.39. The molecule has 1 heterocycles. The van der Waals surface area contributed by atoms with E-state index >= 15 is 0 Å². The monoisotopic (exact) mass is 328 g/mol. The Hall–Kier alpha value is -2.89. The van der Waals surface area contributed by atoms with Gasteiger partial charge in [0.05, 0.1) is 17.9 Å². The summed E-state index contributed by atoms with van der Waals surface area (Å²) in [5, 5.41) is 2.76. The largest absolute Gasteiger partial charge is 0.462 e. The van der Waals surface area contributed by atoms with E-state index < -0.39 is 5.97 Å². The molecule has 24 heavy (non-hydrogen) atoms. The average Bonchev–Trinajstić information content (AvgIpc) is 2.56. The first-order valence-electron chi connectivity index (χ1n) is 7.73. The number of pyridine rings is 1. The van der Waals surface area contributed by atoms with Crippen molar-refractivity contribution in [3.05, 3.63) is 54.4 Å². The summed E-state index contributed by atoms with van der Waals surface area (Å²) >= 11 is 0. The molecule has 0 fully saturated rings. The number of hydrogen-bond donors (Lipinski definition) is 1. The number of benzene rings is 1. The molecule has 6 heteroatoms. The molecule has 0 bridgehead atoms. The zero-order chi connectivity index (χ0) is 17.5. The Labute approximate surface area is 141 Å². The number of para-hydroxylation sites is 1. The number of carbonyl (C=O) groups is 2. The second kappa shape index (κ2) is 8.10. The quantitative estimate of drug-likeness (QED) is 0.649. The molecule has 6 nitrogen and oxygen atoms in total. The van der Waals surface area contributed by atoms with Crippen molar-refractivity contribution in [1.29, 1.82) is 0 Å². The number of nitrogens with one attached hydrogen (secondary N) is 1. The SMILES string of the molecule is CCOC(=O)c1ccccc1NC(=O)C[n+]1ccc(N(C)C)cc1. The van der Waals surface area contributed by atoms with Crippen molar-refractivity contribution < 1.29 is 18.9 Å². The van der Waals surface area contributed by atoms with E-state index in [1.54, 1.807) is 35.8 Å². The molecule has 0 saturated heterocycles. The molecule has 0 spiro atoms. The number of nitrogens with zero attached hydrogens (tertiary/aromatic N) is 2. The molecular weight excluding hydrogens is 306 g/mol. The highest BCUT2D eigenvalue weighted by Gasteiger charge is 2.16. The number of amides is 1. The van der Waals surface area contributed by atoms with Crippen molar-refractivity contribution in [2.45, 2.75) is 13.5 Å². The molecule has 0 unspecified atom stereocenters. The number of anilines is 2. The number of esters is 1. The Morgan fingerprint density at radius 3 is 2.42 bits per heavy atom.